The molecule has 1 spiro atoms. The lowest BCUT2D eigenvalue weighted by molar-refractivity contribution is 0.0342. The van der Waals surface area contributed by atoms with Crippen LogP contribution in [-0.2, 0) is 6.42 Å². The zero-order valence-corrected chi connectivity index (χ0v) is 10.9. The molecule has 1 atom stereocenters. The molecule has 1 saturated heterocycles. The summed E-state index contributed by atoms with van der Waals surface area (Å²) in [4.78, 5) is 0. The van der Waals surface area contributed by atoms with Crippen LogP contribution in [0.4, 0.5) is 0 Å². The monoisotopic (exact) mass is 253 g/mol. The van der Waals surface area contributed by atoms with E-state index < -0.39 is 0 Å². The quantitative estimate of drug-likeness (QED) is 0.768. The molecule has 0 amide bonds. The Balaban J connectivity index is 0.00000108. The highest BCUT2D eigenvalue weighted by Gasteiger charge is 2.36. The second-order valence-electron chi connectivity index (χ2n) is 5.00. The summed E-state index contributed by atoms with van der Waals surface area (Å²) in [5.41, 5.74) is 1.50. The van der Waals surface area contributed by atoms with Crippen molar-refractivity contribution in [2.24, 2.45) is 0 Å². The number of halogens is 1. The van der Waals surface area contributed by atoms with Gasteiger partial charge >= 0.3 is 0 Å². The van der Waals surface area contributed by atoms with E-state index in [9.17, 15) is 0 Å². The predicted octanol–water partition coefficient (Wildman–Crippen LogP) is 2.95. The number of fused-ring (bicyclic) bond motifs is 1. The number of rotatable bonds is 0. The third-order valence-electron chi connectivity index (χ3n) is 3.89. The molecule has 0 aromatic heterocycles. The fourth-order valence-electron chi connectivity index (χ4n) is 2.91. The van der Waals surface area contributed by atoms with Gasteiger partial charge in [-0.2, -0.15) is 0 Å². The van der Waals surface area contributed by atoms with Gasteiger partial charge in [0.05, 0.1) is 0 Å². The Morgan fingerprint density at radius 1 is 1.06 bits per heavy atom. The molecule has 2 heterocycles. The van der Waals surface area contributed by atoms with Crippen molar-refractivity contribution in [3.8, 4) is 5.75 Å². The molecule has 1 unspecified atom stereocenters. The summed E-state index contributed by atoms with van der Waals surface area (Å²) in [5.74, 6) is 1.12. The molecule has 0 saturated carbocycles. The minimum absolute atomic E-state index is 0. The average Bonchev–Trinajstić information content (AvgIpc) is 2.55. The minimum Gasteiger partial charge on any atom is -0.487 e. The van der Waals surface area contributed by atoms with E-state index in [1.807, 2.05) is 0 Å². The van der Waals surface area contributed by atoms with Gasteiger partial charge < -0.3 is 10.1 Å². The van der Waals surface area contributed by atoms with Crippen LogP contribution in [0.25, 0.3) is 0 Å². The highest BCUT2D eigenvalue weighted by molar-refractivity contribution is 5.85. The standard InChI is InChI=1S/C14H19NO.ClH/c1-2-5-13-12(4-1)6-8-14(16-13)7-3-10-15-11-9-14;/h1-2,4-5,15H,3,6-11H2;1H. The van der Waals surface area contributed by atoms with Gasteiger partial charge in [0.1, 0.15) is 11.4 Å². The number of aryl methyl sites for hydroxylation is 1. The van der Waals surface area contributed by atoms with Gasteiger partial charge in [0.25, 0.3) is 0 Å². The van der Waals surface area contributed by atoms with Gasteiger partial charge in [0.2, 0.25) is 0 Å². The van der Waals surface area contributed by atoms with E-state index in [1.54, 1.807) is 0 Å². The molecule has 17 heavy (non-hydrogen) atoms. The summed E-state index contributed by atoms with van der Waals surface area (Å²) in [6.45, 7) is 2.24. The molecule has 94 valence electrons. The van der Waals surface area contributed by atoms with E-state index in [0.717, 1.165) is 25.3 Å². The molecule has 2 nitrogen and oxygen atoms in total. The molecule has 3 rings (SSSR count). The highest BCUT2D eigenvalue weighted by atomic mass is 35.5. The third-order valence-corrected chi connectivity index (χ3v) is 3.89. The summed E-state index contributed by atoms with van der Waals surface area (Å²) in [6.07, 6.45) is 5.96. The zero-order valence-electron chi connectivity index (χ0n) is 10.1. The first-order valence-electron chi connectivity index (χ1n) is 6.36. The summed E-state index contributed by atoms with van der Waals surface area (Å²) >= 11 is 0. The van der Waals surface area contributed by atoms with E-state index in [-0.39, 0.29) is 18.0 Å². The van der Waals surface area contributed by atoms with Crippen molar-refractivity contribution in [2.45, 2.75) is 37.7 Å². The Bertz CT molecular complexity index is 372. The van der Waals surface area contributed by atoms with E-state index in [2.05, 4.69) is 29.6 Å². The molecule has 0 aliphatic carbocycles. The number of benzene rings is 1. The topological polar surface area (TPSA) is 21.3 Å². The molecule has 1 fully saturated rings. The van der Waals surface area contributed by atoms with Gasteiger partial charge in [-0.15, -0.1) is 12.4 Å². The van der Waals surface area contributed by atoms with Crippen molar-refractivity contribution in [2.75, 3.05) is 13.1 Å². The van der Waals surface area contributed by atoms with Crippen LogP contribution in [0.15, 0.2) is 24.3 Å². The lowest BCUT2D eigenvalue weighted by Gasteiger charge is -2.38. The number of ether oxygens (including phenoxy) is 1. The van der Waals surface area contributed by atoms with Crippen LogP contribution in [0.5, 0.6) is 5.75 Å². The Morgan fingerprint density at radius 2 is 1.94 bits per heavy atom. The van der Waals surface area contributed by atoms with Crippen LogP contribution in [-0.4, -0.2) is 18.7 Å². The van der Waals surface area contributed by atoms with Gasteiger partial charge in [0, 0.05) is 0 Å². The molecule has 2 aliphatic rings. The summed E-state index contributed by atoms with van der Waals surface area (Å²) in [5, 5.41) is 3.46. The molecule has 1 N–H and O–H groups in total. The third kappa shape index (κ3) is 2.58. The van der Waals surface area contributed by atoms with Gasteiger partial charge in [-0.05, 0) is 56.8 Å². The number of nitrogens with one attached hydrogen (secondary N) is 1. The van der Waals surface area contributed by atoms with E-state index in [0.29, 0.717) is 0 Å². The van der Waals surface area contributed by atoms with Crippen LogP contribution in [0.2, 0.25) is 0 Å². The van der Waals surface area contributed by atoms with E-state index in [1.165, 1.54) is 31.2 Å². The molecule has 0 radical (unpaired) electrons. The van der Waals surface area contributed by atoms with Crippen molar-refractivity contribution in [3.63, 3.8) is 0 Å². The van der Waals surface area contributed by atoms with Gasteiger partial charge in [-0.3, -0.25) is 0 Å². The lowest BCUT2D eigenvalue weighted by atomic mass is 9.85. The van der Waals surface area contributed by atoms with E-state index >= 15 is 0 Å². The maximum absolute atomic E-state index is 6.30. The smallest absolute Gasteiger partial charge is 0.123 e. The SMILES string of the molecule is Cl.c1ccc2c(c1)CCC1(CCCNCC1)O2. The second-order valence-corrected chi connectivity index (χ2v) is 5.00. The highest BCUT2D eigenvalue weighted by Crippen LogP contribution is 2.38. The first-order chi connectivity index (χ1) is 7.88. The molecule has 0 bridgehead atoms. The first-order valence-corrected chi connectivity index (χ1v) is 6.36. The molecule has 3 heteroatoms. The molecular weight excluding hydrogens is 234 g/mol. The van der Waals surface area contributed by atoms with Crippen molar-refractivity contribution in [1.29, 1.82) is 0 Å². The van der Waals surface area contributed by atoms with Crippen molar-refractivity contribution in [1.82, 2.24) is 5.32 Å². The number of hydrogen-bond acceptors (Lipinski definition) is 2. The van der Waals surface area contributed by atoms with Crippen molar-refractivity contribution >= 4 is 12.4 Å². The van der Waals surface area contributed by atoms with Gasteiger partial charge in [0.15, 0.2) is 0 Å². The van der Waals surface area contributed by atoms with Crippen LogP contribution in [0.1, 0.15) is 31.2 Å². The predicted molar refractivity (Wildman–Crippen MR) is 72.1 cm³/mol. The first kappa shape index (κ1) is 12.7. The van der Waals surface area contributed by atoms with Gasteiger partial charge in [-0.1, -0.05) is 18.2 Å². The van der Waals surface area contributed by atoms with Crippen LogP contribution < -0.4 is 10.1 Å². The Labute approximate surface area is 109 Å². The summed E-state index contributed by atoms with van der Waals surface area (Å²) < 4.78 is 6.30. The molecule has 1 aromatic rings. The summed E-state index contributed by atoms with van der Waals surface area (Å²) in [7, 11) is 0. The Morgan fingerprint density at radius 3 is 2.88 bits per heavy atom. The molecular formula is C14H20ClNO. The number of hydrogen-bond donors (Lipinski definition) is 1. The normalized spacial score (nSPS) is 27.5. The van der Waals surface area contributed by atoms with Crippen molar-refractivity contribution < 1.29 is 4.74 Å². The second kappa shape index (κ2) is 5.28. The molecule has 2 aliphatic heterocycles. The number of para-hydroxylation sites is 1. The Kier molecular flexibility index (Phi) is 3.95. The fraction of sp³-hybridized carbons (Fsp3) is 0.571. The summed E-state index contributed by atoms with van der Waals surface area (Å²) in [6, 6.07) is 8.49. The maximum atomic E-state index is 6.30. The fourth-order valence-corrected chi connectivity index (χ4v) is 2.91. The van der Waals surface area contributed by atoms with Crippen molar-refractivity contribution in [3.05, 3.63) is 29.8 Å². The largest absolute Gasteiger partial charge is 0.487 e. The van der Waals surface area contributed by atoms with Crippen LogP contribution >= 0.6 is 12.4 Å². The van der Waals surface area contributed by atoms with Crippen LogP contribution in [0.3, 0.4) is 0 Å². The lowest BCUT2D eigenvalue weighted by Crippen LogP contribution is -2.40. The maximum Gasteiger partial charge on any atom is 0.123 e. The van der Waals surface area contributed by atoms with E-state index in [4.69, 9.17) is 4.74 Å². The van der Waals surface area contributed by atoms with Gasteiger partial charge in [-0.25, -0.2) is 0 Å². The zero-order chi connectivity index (χ0) is 10.8. The Hall–Kier alpha value is -0.730. The van der Waals surface area contributed by atoms with Crippen LogP contribution in [0, 0.1) is 0 Å². The molecule has 1 aromatic carbocycles. The minimum atomic E-state index is 0. The average molecular weight is 254 g/mol.